The Morgan fingerprint density at radius 3 is 2.10 bits per heavy atom. The molecule has 110 valence electrons. The summed E-state index contributed by atoms with van der Waals surface area (Å²) in [7, 11) is -3.29. The molecule has 5 heteroatoms. The molecular formula is C15H22N2O2S. The van der Waals surface area contributed by atoms with Gasteiger partial charge < -0.3 is 0 Å². The number of sulfonamides is 1. The van der Waals surface area contributed by atoms with Crippen LogP contribution in [0.2, 0.25) is 0 Å². The summed E-state index contributed by atoms with van der Waals surface area (Å²) in [5.74, 6) is 0. The Morgan fingerprint density at radius 2 is 1.60 bits per heavy atom. The van der Waals surface area contributed by atoms with Gasteiger partial charge in [-0.1, -0.05) is 17.7 Å². The van der Waals surface area contributed by atoms with Gasteiger partial charge in [-0.05, 0) is 32.9 Å². The molecule has 1 aromatic rings. The maximum absolute atomic E-state index is 12.5. The number of hydrogen-bond donors (Lipinski definition) is 0. The Morgan fingerprint density at radius 1 is 1.05 bits per heavy atom. The van der Waals surface area contributed by atoms with Gasteiger partial charge in [-0.2, -0.15) is 4.31 Å². The van der Waals surface area contributed by atoms with Gasteiger partial charge >= 0.3 is 0 Å². The molecular weight excluding hydrogens is 272 g/mol. The highest BCUT2D eigenvalue weighted by Crippen LogP contribution is 2.42. The van der Waals surface area contributed by atoms with Gasteiger partial charge in [0.25, 0.3) is 0 Å². The van der Waals surface area contributed by atoms with E-state index in [4.69, 9.17) is 0 Å². The Balaban J connectivity index is 1.66. The van der Waals surface area contributed by atoms with Gasteiger partial charge in [0, 0.05) is 37.6 Å². The summed E-state index contributed by atoms with van der Waals surface area (Å²) in [6.07, 6.45) is 0. The van der Waals surface area contributed by atoms with Crippen LogP contribution < -0.4 is 0 Å². The summed E-state index contributed by atoms with van der Waals surface area (Å²) in [6, 6.07) is 7.68. The predicted molar refractivity (Wildman–Crippen MR) is 79.1 cm³/mol. The largest absolute Gasteiger partial charge is 0.300 e. The van der Waals surface area contributed by atoms with Gasteiger partial charge in [0.05, 0.1) is 4.90 Å². The molecule has 0 aromatic heterocycles. The molecule has 2 fully saturated rings. The zero-order chi connectivity index (χ0) is 14.5. The minimum absolute atomic E-state index is 0.224. The van der Waals surface area contributed by atoms with Gasteiger partial charge in [0.1, 0.15) is 0 Å². The van der Waals surface area contributed by atoms with E-state index < -0.39 is 10.0 Å². The molecule has 0 aliphatic carbocycles. The average molecular weight is 294 g/mol. The average Bonchev–Trinajstić information content (AvgIpc) is 2.24. The second-order valence-electron chi connectivity index (χ2n) is 6.58. The number of rotatable bonds is 3. The summed E-state index contributed by atoms with van der Waals surface area (Å²) in [6.45, 7) is 9.75. The van der Waals surface area contributed by atoms with E-state index >= 15 is 0 Å². The van der Waals surface area contributed by atoms with Crippen molar-refractivity contribution in [2.45, 2.75) is 31.7 Å². The van der Waals surface area contributed by atoms with Crippen molar-refractivity contribution in [3.05, 3.63) is 29.8 Å². The Hall–Kier alpha value is -0.910. The van der Waals surface area contributed by atoms with Gasteiger partial charge in [-0.15, -0.1) is 0 Å². The van der Waals surface area contributed by atoms with Crippen molar-refractivity contribution in [3.63, 3.8) is 0 Å². The van der Waals surface area contributed by atoms with Crippen molar-refractivity contribution in [2.24, 2.45) is 5.41 Å². The number of aryl methyl sites for hydroxylation is 1. The van der Waals surface area contributed by atoms with Gasteiger partial charge in [0.2, 0.25) is 10.0 Å². The fourth-order valence-electron chi connectivity index (χ4n) is 3.11. The highest BCUT2D eigenvalue weighted by Gasteiger charge is 2.55. The number of benzene rings is 1. The number of nitrogens with zero attached hydrogens (tertiary/aromatic N) is 2. The van der Waals surface area contributed by atoms with Crippen LogP contribution in [0, 0.1) is 12.3 Å². The first-order valence-electron chi connectivity index (χ1n) is 7.13. The van der Waals surface area contributed by atoms with E-state index in [1.54, 1.807) is 16.4 Å². The van der Waals surface area contributed by atoms with Crippen LogP contribution in [0.15, 0.2) is 29.2 Å². The molecule has 0 N–H and O–H groups in total. The third-order valence-electron chi connectivity index (χ3n) is 4.49. The summed E-state index contributed by atoms with van der Waals surface area (Å²) in [5.41, 5.74) is 1.30. The van der Waals surface area contributed by atoms with Crippen LogP contribution in [-0.4, -0.2) is 49.8 Å². The van der Waals surface area contributed by atoms with E-state index in [-0.39, 0.29) is 5.41 Å². The van der Waals surface area contributed by atoms with E-state index in [0.29, 0.717) is 24.0 Å². The number of hydrogen-bond acceptors (Lipinski definition) is 3. The second kappa shape index (κ2) is 4.55. The zero-order valence-electron chi connectivity index (χ0n) is 12.3. The Kier molecular flexibility index (Phi) is 3.19. The summed E-state index contributed by atoms with van der Waals surface area (Å²) < 4.78 is 26.6. The predicted octanol–water partition coefficient (Wildman–Crippen LogP) is 1.71. The van der Waals surface area contributed by atoms with Crippen LogP contribution in [0.3, 0.4) is 0 Å². The maximum Gasteiger partial charge on any atom is 0.243 e. The van der Waals surface area contributed by atoms with E-state index in [9.17, 15) is 8.42 Å². The minimum Gasteiger partial charge on any atom is -0.300 e. The zero-order valence-corrected chi connectivity index (χ0v) is 13.2. The summed E-state index contributed by atoms with van der Waals surface area (Å²) in [5, 5.41) is 0. The van der Waals surface area contributed by atoms with E-state index in [2.05, 4.69) is 18.7 Å². The first-order chi connectivity index (χ1) is 9.32. The topological polar surface area (TPSA) is 40.6 Å². The Labute approximate surface area is 121 Å². The quantitative estimate of drug-likeness (QED) is 0.852. The molecule has 2 aliphatic rings. The second-order valence-corrected chi connectivity index (χ2v) is 8.52. The maximum atomic E-state index is 12.5. The van der Waals surface area contributed by atoms with Crippen LogP contribution in [0.25, 0.3) is 0 Å². The monoisotopic (exact) mass is 294 g/mol. The van der Waals surface area contributed by atoms with Crippen molar-refractivity contribution in [2.75, 3.05) is 26.2 Å². The molecule has 0 unspecified atom stereocenters. The van der Waals surface area contributed by atoms with Gasteiger partial charge in [0.15, 0.2) is 0 Å². The summed E-state index contributed by atoms with van der Waals surface area (Å²) >= 11 is 0. The molecule has 0 saturated carbocycles. The molecule has 2 saturated heterocycles. The van der Waals surface area contributed by atoms with Crippen molar-refractivity contribution < 1.29 is 8.42 Å². The standard InChI is InChI=1S/C15H22N2O2S/c1-12(2)16-8-15(9-16)10-17(11-15)20(18,19)14-6-4-13(3)5-7-14/h4-7,12H,8-11H2,1-3H3. The molecule has 0 bridgehead atoms. The first-order valence-corrected chi connectivity index (χ1v) is 8.57. The van der Waals surface area contributed by atoms with E-state index in [1.165, 1.54) is 0 Å². The van der Waals surface area contributed by atoms with Crippen LogP contribution in [-0.2, 0) is 10.0 Å². The summed E-state index contributed by atoms with van der Waals surface area (Å²) in [4.78, 5) is 2.81. The normalized spacial score (nSPS) is 22.8. The third kappa shape index (κ3) is 2.18. The Bertz CT molecular complexity index is 593. The molecule has 0 amide bonds. The van der Waals surface area contributed by atoms with Crippen molar-refractivity contribution in [3.8, 4) is 0 Å². The SMILES string of the molecule is Cc1ccc(S(=O)(=O)N2CC3(CN(C(C)C)C3)C2)cc1. The lowest BCUT2D eigenvalue weighted by Crippen LogP contribution is -2.73. The minimum atomic E-state index is -3.29. The highest BCUT2D eigenvalue weighted by molar-refractivity contribution is 7.89. The molecule has 20 heavy (non-hydrogen) atoms. The molecule has 0 radical (unpaired) electrons. The first kappa shape index (κ1) is 14.0. The van der Waals surface area contributed by atoms with E-state index in [1.807, 2.05) is 19.1 Å². The molecule has 1 spiro atoms. The molecule has 1 aromatic carbocycles. The fraction of sp³-hybridized carbons (Fsp3) is 0.600. The van der Waals surface area contributed by atoms with E-state index in [0.717, 1.165) is 18.7 Å². The van der Waals surface area contributed by atoms with Crippen LogP contribution in [0.5, 0.6) is 0 Å². The molecule has 2 heterocycles. The fourth-order valence-corrected chi connectivity index (χ4v) is 4.78. The smallest absolute Gasteiger partial charge is 0.243 e. The van der Waals surface area contributed by atoms with Gasteiger partial charge in [-0.3, -0.25) is 4.90 Å². The van der Waals surface area contributed by atoms with Crippen LogP contribution in [0.1, 0.15) is 19.4 Å². The van der Waals surface area contributed by atoms with Crippen LogP contribution in [0.4, 0.5) is 0 Å². The van der Waals surface area contributed by atoms with Crippen molar-refractivity contribution >= 4 is 10.0 Å². The lowest BCUT2D eigenvalue weighted by Gasteiger charge is -2.60. The molecule has 0 atom stereocenters. The lowest BCUT2D eigenvalue weighted by atomic mass is 9.74. The molecule has 2 aliphatic heterocycles. The number of likely N-dealkylation sites (tertiary alicyclic amines) is 1. The highest BCUT2D eigenvalue weighted by atomic mass is 32.2. The molecule has 3 rings (SSSR count). The third-order valence-corrected chi connectivity index (χ3v) is 6.30. The lowest BCUT2D eigenvalue weighted by molar-refractivity contribution is -0.0941. The van der Waals surface area contributed by atoms with Crippen molar-refractivity contribution in [1.82, 2.24) is 9.21 Å². The van der Waals surface area contributed by atoms with Gasteiger partial charge in [-0.25, -0.2) is 8.42 Å². The van der Waals surface area contributed by atoms with Crippen LogP contribution >= 0.6 is 0 Å². The van der Waals surface area contributed by atoms with Crippen molar-refractivity contribution in [1.29, 1.82) is 0 Å². The molecule has 4 nitrogen and oxygen atoms in total.